The van der Waals surface area contributed by atoms with Crippen molar-refractivity contribution in [2.75, 3.05) is 6.54 Å². The van der Waals surface area contributed by atoms with E-state index < -0.39 is 0 Å². The van der Waals surface area contributed by atoms with Crippen LogP contribution in [0.25, 0.3) is 0 Å². The summed E-state index contributed by atoms with van der Waals surface area (Å²) >= 11 is 5.41. The van der Waals surface area contributed by atoms with E-state index >= 15 is 0 Å². The molecule has 1 heterocycles. The SMILES string of the molecule is CCNC(c1sccc1Br)C(C)(C)C. The summed E-state index contributed by atoms with van der Waals surface area (Å²) in [5, 5.41) is 5.68. The van der Waals surface area contributed by atoms with Gasteiger partial charge in [-0.3, -0.25) is 0 Å². The van der Waals surface area contributed by atoms with Crippen molar-refractivity contribution in [1.29, 1.82) is 0 Å². The molecule has 1 unspecified atom stereocenters. The zero-order valence-corrected chi connectivity index (χ0v) is 11.6. The molecule has 80 valence electrons. The van der Waals surface area contributed by atoms with Gasteiger partial charge in [0.15, 0.2) is 0 Å². The molecule has 1 atom stereocenters. The summed E-state index contributed by atoms with van der Waals surface area (Å²) in [6, 6.07) is 2.55. The Bertz CT molecular complexity index is 288. The van der Waals surface area contributed by atoms with Gasteiger partial charge in [0.05, 0.1) is 0 Å². The molecule has 0 saturated heterocycles. The lowest BCUT2D eigenvalue weighted by molar-refractivity contribution is 0.280. The number of hydrogen-bond acceptors (Lipinski definition) is 2. The second kappa shape index (κ2) is 4.77. The van der Waals surface area contributed by atoms with Gasteiger partial charge in [-0.2, -0.15) is 0 Å². The molecular formula is C11H18BrNS. The van der Waals surface area contributed by atoms with E-state index in [-0.39, 0.29) is 5.41 Å². The maximum Gasteiger partial charge on any atom is 0.0475 e. The van der Waals surface area contributed by atoms with Crippen molar-refractivity contribution in [2.45, 2.75) is 33.7 Å². The predicted molar refractivity (Wildman–Crippen MR) is 67.9 cm³/mol. The lowest BCUT2D eigenvalue weighted by atomic mass is 9.86. The molecular weight excluding hydrogens is 258 g/mol. The highest BCUT2D eigenvalue weighted by atomic mass is 79.9. The highest BCUT2D eigenvalue weighted by Crippen LogP contribution is 2.39. The number of hydrogen-bond donors (Lipinski definition) is 1. The molecule has 0 aliphatic carbocycles. The smallest absolute Gasteiger partial charge is 0.0475 e. The van der Waals surface area contributed by atoms with Crippen molar-refractivity contribution in [3.05, 3.63) is 20.8 Å². The molecule has 3 heteroatoms. The summed E-state index contributed by atoms with van der Waals surface area (Å²) in [4.78, 5) is 1.40. The van der Waals surface area contributed by atoms with Gasteiger partial charge >= 0.3 is 0 Å². The van der Waals surface area contributed by atoms with Gasteiger partial charge in [0.2, 0.25) is 0 Å². The molecule has 0 saturated carbocycles. The molecule has 0 radical (unpaired) electrons. The van der Waals surface area contributed by atoms with Crippen LogP contribution in [0.1, 0.15) is 38.6 Å². The minimum Gasteiger partial charge on any atom is -0.309 e. The number of nitrogens with one attached hydrogen (secondary N) is 1. The van der Waals surface area contributed by atoms with Crippen LogP contribution >= 0.6 is 27.3 Å². The maximum atomic E-state index is 3.60. The summed E-state index contributed by atoms with van der Waals surface area (Å²) < 4.78 is 1.23. The quantitative estimate of drug-likeness (QED) is 0.872. The first kappa shape index (κ1) is 12.2. The van der Waals surface area contributed by atoms with Crippen LogP contribution < -0.4 is 5.32 Å². The molecule has 0 aromatic carbocycles. The Morgan fingerprint density at radius 3 is 2.50 bits per heavy atom. The van der Waals surface area contributed by atoms with Crippen molar-refractivity contribution in [3.63, 3.8) is 0 Å². The van der Waals surface area contributed by atoms with Crippen LogP contribution in [0.3, 0.4) is 0 Å². The molecule has 0 fully saturated rings. The molecule has 0 aliphatic heterocycles. The molecule has 14 heavy (non-hydrogen) atoms. The van der Waals surface area contributed by atoms with Crippen LogP contribution in [0, 0.1) is 5.41 Å². The van der Waals surface area contributed by atoms with Crippen molar-refractivity contribution < 1.29 is 0 Å². The van der Waals surface area contributed by atoms with Gasteiger partial charge in [-0.05, 0) is 39.3 Å². The summed E-state index contributed by atoms with van der Waals surface area (Å²) in [6.07, 6.45) is 0. The fraction of sp³-hybridized carbons (Fsp3) is 0.636. The van der Waals surface area contributed by atoms with E-state index in [2.05, 4.69) is 60.4 Å². The number of halogens is 1. The van der Waals surface area contributed by atoms with E-state index in [9.17, 15) is 0 Å². The van der Waals surface area contributed by atoms with Crippen molar-refractivity contribution in [1.82, 2.24) is 5.32 Å². The third-order valence-electron chi connectivity index (χ3n) is 2.18. The second-order valence-electron chi connectivity index (χ2n) is 4.49. The van der Waals surface area contributed by atoms with Crippen molar-refractivity contribution in [2.24, 2.45) is 5.41 Å². The fourth-order valence-corrected chi connectivity index (χ4v) is 3.43. The van der Waals surface area contributed by atoms with Crippen LogP contribution in [0.2, 0.25) is 0 Å². The molecule has 0 bridgehead atoms. The zero-order valence-electron chi connectivity index (χ0n) is 9.23. The first-order valence-electron chi connectivity index (χ1n) is 4.93. The van der Waals surface area contributed by atoms with E-state index in [1.54, 1.807) is 0 Å². The molecule has 0 aliphatic rings. The Morgan fingerprint density at radius 2 is 2.14 bits per heavy atom. The van der Waals surface area contributed by atoms with Gasteiger partial charge in [0.25, 0.3) is 0 Å². The molecule has 1 aromatic heterocycles. The lowest BCUT2D eigenvalue weighted by Gasteiger charge is -2.31. The van der Waals surface area contributed by atoms with Gasteiger partial charge in [-0.15, -0.1) is 11.3 Å². The number of rotatable bonds is 3. The average Bonchev–Trinajstić information content (AvgIpc) is 2.45. The van der Waals surface area contributed by atoms with Crippen LogP contribution in [-0.2, 0) is 0 Å². The van der Waals surface area contributed by atoms with Crippen LogP contribution in [0.4, 0.5) is 0 Å². The summed E-state index contributed by atoms with van der Waals surface area (Å²) in [5.41, 5.74) is 0.253. The largest absolute Gasteiger partial charge is 0.309 e. The van der Waals surface area contributed by atoms with Crippen LogP contribution in [-0.4, -0.2) is 6.54 Å². The molecule has 1 rings (SSSR count). The molecule has 1 N–H and O–H groups in total. The van der Waals surface area contributed by atoms with E-state index in [1.807, 2.05) is 11.3 Å². The minimum absolute atomic E-state index is 0.253. The van der Waals surface area contributed by atoms with Gasteiger partial charge in [0, 0.05) is 15.4 Å². The van der Waals surface area contributed by atoms with Crippen molar-refractivity contribution in [3.8, 4) is 0 Å². The highest BCUT2D eigenvalue weighted by molar-refractivity contribution is 9.10. The van der Waals surface area contributed by atoms with Gasteiger partial charge in [-0.25, -0.2) is 0 Å². The lowest BCUT2D eigenvalue weighted by Crippen LogP contribution is -2.31. The predicted octanol–water partition coefficient (Wildman–Crippen LogP) is 4.21. The zero-order chi connectivity index (χ0) is 10.8. The summed E-state index contributed by atoms with van der Waals surface area (Å²) in [6.45, 7) is 9.97. The van der Waals surface area contributed by atoms with Crippen molar-refractivity contribution >= 4 is 27.3 Å². The van der Waals surface area contributed by atoms with E-state index in [0.717, 1.165) is 6.54 Å². The third-order valence-corrected chi connectivity index (χ3v) is 4.12. The van der Waals surface area contributed by atoms with Gasteiger partial charge in [-0.1, -0.05) is 27.7 Å². The van der Waals surface area contributed by atoms with Gasteiger partial charge in [0.1, 0.15) is 0 Å². The molecule has 0 spiro atoms. The summed E-state index contributed by atoms with van der Waals surface area (Å²) in [7, 11) is 0. The standard InChI is InChI=1S/C11H18BrNS/c1-5-13-10(11(2,3)4)9-8(12)6-7-14-9/h6-7,10,13H,5H2,1-4H3. The minimum atomic E-state index is 0.253. The Kier molecular flexibility index (Phi) is 4.16. The Morgan fingerprint density at radius 1 is 1.50 bits per heavy atom. The molecule has 0 amide bonds. The van der Waals surface area contributed by atoms with Crippen LogP contribution in [0.15, 0.2) is 15.9 Å². The second-order valence-corrected chi connectivity index (χ2v) is 6.29. The molecule has 1 aromatic rings. The first-order chi connectivity index (χ1) is 6.46. The monoisotopic (exact) mass is 275 g/mol. The molecule has 1 nitrogen and oxygen atoms in total. The fourth-order valence-electron chi connectivity index (χ4n) is 1.51. The topological polar surface area (TPSA) is 12.0 Å². The normalized spacial score (nSPS) is 14.4. The van der Waals surface area contributed by atoms with E-state index in [1.165, 1.54) is 9.35 Å². The summed E-state index contributed by atoms with van der Waals surface area (Å²) in [5.74, 6) is 0. The highest BCUT2D eigenvalue weighted by Gasteiger charge is 2.27. The number of thiophene rings is 1. The average molecular weight is 276 g/mol. The van der Waals surface area contributed by atoms with E-state index in [4.69, 9.17) is 0 Å². The first-order valence-corrected chi connectivity index (χ1v) is 6.60. The van der Waals surface area contributed by atoms with E-state index in [0.29, 0.717) is 6.04 Å². The maximum absolute atomic E-state index is 3.60. The Labute approximate surface area is 99.0 Å². The van der Waals surface area contributed by atoms with Crippen LogP contribution in [0.5, 0.6) is 0 Å². The Hall–Kier alpha value is 0.140. The third kappa shape index (κ3) is 2.81. The van der Waals surface area contributed by atoms with Gasteiger partial charge < -0.3 is 5.32 Å². The Balaban J connectivity index is 2.95.